The van der Waals surface area contributed by atoms with Gasteiger partial charge in [-0.3, -0.25) is 15.4 Å². The largest absolute Gasteiger partial charge is 0.303 e. The van der Waals surface area contributed by atoms with E-state index in [4.69, 9.17) is 12.2 Å². The molecule has 0 bridgehead atoms. The van der Waals surface area contributed by atoms with Crippen LogP contribution >= 0.6 is 0 Å². The van der Waals surface area contributed by atoms with Gasteiger partial charge >= 0.3 is 0 Å². The highest BCUT2D eigenvalue weighted by Crippen LogP contribution is 2.59. The van der Waals surface area contributed by atoms with Crippen LogP contribution in [0.4, 0.5) is 10.1 Å². The molecule has 1 heterocycles. The van der Waals surface area contributed by atoms with Gasteiger partial charge in [-0.2, -0.15) is 4.31 Å². The van der Waals surface area contributed by atoms with Crippen LogP contribution < -0.4 is 11.1 Å². The number of terminal acetylenes is 1. The Morgan fingerprint density at radius 1 is 1.54 bits per heavy atom. The molecule has 2 aliphatic rings. The van der Waals surface area contributed by atoms with Crippen molar-refractivity contribution in [3.63, 3.8) is 0 Å². The fourth-order valence-electron chi connectivity index (χ4n) is 3.30. The van der Waals surface area contributed by atoms with Gasteiger partial charge in [-0.1, -0.05) is 5.92 Å². The summed E-state index contributed by atoms with van der Waals surface area (Å²) >= 11 is 0. The third-order valence-corrected chi connectivity index (χ3v) is 7.49. The minimum atomic E-state index is -3.93. The molecule has 2 fully saturated rings. The maximum Gasteiger partial charge on any atom is 0.270 e. The van der Waals surface area contributed by atoms with E-state index >= 15 is 0 Å². The van der Waals surface area contributed by atoms with Gasteiger partial charge in [-0.15, -0.1) is 6.42 Å². The molecule has 0 aromatic heterocycles. The fraction of sp³-hybridized carbons (Fsp3) is 0.429. The first-order chi connectivity index (χ1) is 11.1. The number of nitro groups is 1. The van der Waals surface area contributed by atoms with Gasteiger partial charge in [0.1, 0.15) is 22.4 Å². The topological polar surface area (TPSA) is 119 Å². The summed E-state index contributed by atoms with van der Waals surface area (Å²) in [4.78, 5) is 10.3. The average Bonchev–Trinajstić information content (AvgIpc) is 3.33. The van der Waals surface area contributed by atoms with Crippen LogP contribution in [0.2, 0.25) is 0 Å². The van der Waals surface area contributed by atoms with E-state index in [-0.39, 0.29) is 24.1 Å². The molecule has 1 aliphatic heterocycles. The molecule has 3 rings (SSSR count). The molecule has 1 aromatic rings. The smallest absolute Gasteiger partial charge is 0.270 e. The molecule has 128 valence electrons. The summed E-state index contributed by atoms with van der Waals surface area (Å²) in [5.74, 6) is 1.51. The summed E-state index contributed by atoms with van der Waals surface area (Å²) in [6, 6.07) is 2.86. The average molecular weight is 354 g/mol. The lowest BCUT2D eigenvalue weighted by molar-refractivity contribution is -0.385. The zero-order valence-corrected chi connectivity index (χ0v) is 13.5. The maximum absolute atomic E-state index is 14.5. The molecule has 10 heteroatoms. The highest BCUT2D eigenvalue weighted by molar-refractivity contribution is 7.91. The number of nitrogens with one attached hydrogen (secondary N) is 1. The van der Waals surface area contributed by atoms with Crippen molar-refractivity contribution in [3.05, 3.63) is 39.7 Å². The van der Waals surface area contributed by atoms with Gasteiger partial charge in [0, 0.05) is 24.7 Å². The zero-order chi connectivity index (χ0) is 17.9. The Morgan fingerprint density at radius 2 is 2.17 bits per heavy atom. The van der Waals surface area contributed by atoms with Gasteiger partial charge in [0.05, 0.1) is 4.92 Å². The van der Waals surface area contributed by atoms with Crippen molar-refractivity contribution in [2.75, 3.05) is 7.05 Å². The quantitative estimate of drug-likeness (QED) is 0.445. The second-order valence-electron chi connectivity index (χ2n) is 5.92. The second-order valence-corrected chi connectivity index (χ2v) is 8.23. The Bertz CT molecular complexity index is 877. The zero-order valence-electron chi connectivity index (χ0n) is 12.7. The van der Waals surface area contributed by atoms with Crippen molar-refractivity contribution in [2.45, 2.75) is 29.4 Å². The summed E-state index contributed by atoms with van der Waals surface area (Å²) in [5, 5.41) is 13.8. The molecule has 1 spiro atoms. The van der Waals surface area contributed by atoms with Crippen molar-refractivity contribution < 1.29 is 17.7 Å². The molecule has 1 saturated carbocycles. The normalized spacial score (nSPS) is 30.7. The van der Waals surface area contributed by atoms with E-state index in [0.717, 1.165) is 22.5 Å². The molecule has 2 atom stereocenters. The Labute approximate surface area is 138 Å². The lowest BCUT2D eigenvalue weighted by Gasteiger charge is -2.47. The van der Waals surface area contributed by atoms with Crippen LogP contribution in [-0.4, -0.2) is 35.7 Å². The number of hydrogen-bond acceptors (Lipinski definition) is 6. The SMILES string of the molecule is C#C[C@]1(c2cc([N+](=O)[O-])ccc2F)NC(N)N(C)S(=O)(=O)C12CC2. The molecular weight excluding hydrogens is 339 g/mol. The van der Waals surface area contributed by atoms with Crippen molar-refractivity contribution in [2.24, 2.45) is 5.73 Å². The van der Waals surface area contributed by atoms with Crippen molar-refractivity contribution in [1.29, 1.82) is 0 Å². The highest BCUT2D eigenvalue weighted by Gasteiger charge is 2.73. The molecule has 8 nitrogen and oxygen atoms in total. The maximum atomic E-state index is 14.5. The first-order valence-corrected chi connectivity index (χ1v) is 8.50. The predicted molar refractivity (Wildman–Crippen MR) is 83.3 cm³/mol. The number of hydrogen-bond donors (Lipinski definition) is 2. The van der Waals surface area contributed by atoms with Crippen molar-refractivity contribution >= 4 is 15.7 Å². The number of non-ortho nitro benzene ring substituents is 1. The Morgan fingerprint density at radius 3 is 2.67 bits per heavy atom. The first kappa shape index (κ1) is 16.8. The van der Waals surface area contributed by atoms with Gasteiger partial charge in [-0.25, -0.2) is 12.8 Å². The predicted octanol–water partition coefficient (Wildman–Crippen LogP) is 0.202. The van der Waals surface area contributed by atoms with Gasteiger partial charge < -0.3 is 5.73 Å². The molecular formula is C14H15FN4O4S. The van der Waals surface area contributed by atoms with Crippen LogP contribution in [0.15, 0.2) is 18.2 Å². The number of halogens is 1. The van der Waals surface area contributed by atoms with Crippen LogP contribution in [-0.2, 0) is 15.6 Å². The van der Waals surface area contributed by atoms with Crippen molar-refractivity contribution in [1.82, 2.24) is 9.62 Å². The first-order valence-electron chi connectivity index (χ1n) is 7.06. The summed E-state index contributed by atoms with van der Waals surface area (Å²) in [7, 11) is -2.63. The van der Waals surface area contributed by atoms with E-state index in [1.54, 1.807) is 0 Å². The minimum Gasteiger partial charge on any atom is -0.303 e. The van der Waals surface area contributed by atoms with Crippen LogP contribution in [0.5, 0.6) is 0 Å². The summed E-state index contributed by atoms with van der Waals surface area (Å²) in [6.45, 7) is 0. The molecule has 3 N–H and O–H groups in total. The number of nitro benzene ring substituents is 1. The molecule has 1 aromatic carbocycles. The Hall–Kier alpha value is -2.06. The highest BCUT2D eigenvalue weighted by atomic mass is 32.2. The number of sulfonamides is 1. The third kappa shape index (κ3) is 1.86. The lowest BCUT2D eigenvalue weighted by atomic mass is 9.84. The molecule has 24 heavy (non-hydrogen) atoms. The second kappa shape index (κ2) is 4.97. The lowest BCUT2D eigenvalue weighted by Crippen LogP contribution is -2.72. The number of nitrogens with zero attached hydrogens (tertiary/aromatic N) is 2. The van der Waals surface area contributed by atoms with Gasteiger partial charge in [0.25, 0.3) is 5.69 Å². The van der Waals surface area contributed by atoms with Crippen LogP contribution in [0.1, 0.15) is 18.4 Å². The summed E-state index contributed by atoms with van der Waals surface area (Å²) < 4.78 is 39.6. The Balaban J connectivity index is 2.30. The molecule has 0 radical (unpaired) electrons. The molecule has 1 aliphatic carbocycles. The third-order valence-electron chi connectivity index (χ3n) is 4.80. The van der Waals surface area contributed by atoms with E-state index in [1.807, 2.05) is 0 Å². The standard InChI is InChI=1S/C14H15FN4O4S/c1-3-14(10-8-9(19(20)21)4-5-11(10)15)13(6-7-13)24(22,23)18(2)12(16)17-14/h1,4-5,8,12,17H,6-7,16H2,2H3/t12?,14-/m1/s1. The van der Waals surface area contributed by atoms with Crippen molar-refractivity contribution in [3.8, 4) is 12.3 Å². The minimum absolute atomic E-state index is 0.200. The van der Waals surface area contributed by atoms with E-state index in [0.29, 0.717) is 0 Å². The number of benzene rings is 1. The van der Waals surface area contributed by atoms with E-state index in [9.17, 15) is 22.9 Å². The number of nitrogens with two attached hydrogens (primary N) is 1. The van der Waals surface area contributed by atoms with E-state index < -0.39 is 37.3 Å². The number of rotatable bonds is 2. The molecule has 0 amide bonds. The Kier molecular flexibility index (Phi) is 3.47. The monoisotopic (exact) mass is 354 g/mol. The van der Waals surface area contributed by atoms with Gasteiger partial charge in [0.15, 0.2) is 0 Å². The molecule has 1 saturated heterocycles. The fourth-order valence-corrected chi connectivity index (χ4v) is 5.43. The van der Waals surface area contributed by atoms with Gasteiger partial charge in [0.2, 0.25) is 10.0 Å². The molecule has 1 unspecified atom stereocenters. The van der Waals surface area contributed by atoms with E-state index in [1.165, 1.54) is 7.05 Å². The summed E-state index contributed by atoms with van der Waals surface area (Å²) in [6.07, 6.45) is 4.84. The van der Waals surface area contributed by atoms with Crippen LogP contribution in [0, 0.1) is 28.3 Å². The van der Waals surface area contributed by atoms with Gasteiger partial charge in [-0.05, 0) is 18.9 Å². The van der Waals surface area contributed by atoms with Crippen LogP contribution in [0.25, 0.3) is 0 Å². The van der Waals surface area contributed by atoms with E-state index in [2.05, 4.69) is 11.2 Å². The summed E-state index contributed by atoms with van der Waals surface area (Å²) in [5.41, 5.74) is 3.39. The van der Waals surface area contributed by atoms with Crippen LogP contribution in [0.3, 0.4) is 0 Å².